The van der Waals surface area contributed by atoms with Crippen molar-refractivity contribution in [3.8, 4) is 0 Å². The lowest BCUT2D eigenvalue weighted by Crippen LogP contribution is -2.57. The third kappa shape index (κ3) is 3.69. The number of nitrogens with zero attached hydrogens (tertiary/aromatic N) is 6. The van der Waals surface area contributed by atoms with Crippen molar-refractivity contribution in [2.45, 2.75) is 31.5 Å². The summed E-state index contributed by atoms with van der Waals surface area (Å²) in [5, 5.41) is 5.16. The Morgan fingerprint density at radius 1 is 1.33 bits per heavy atom. The second-order valence-electron chi connectivity index (χ2n) is 7.10. The highest BCUT2D eigenvalue weighted by molar-refractivity contribution is 14.1. The Hall–Kier alpha value is -1.66. The molecule has 0 bridgehead atoms. The molecule has 27 heavy (non-hydrogen) atoms. The highest BCUT2D eigenvalue weighted by Crippen LogP contribution is 2.36. The van der Waals surface area contributed by atoms with Gasteiger partial charge < -0.3 is 9.80 Å². The summed E-state index contributed by atoms with van der Waals surface area (Å²) in [5.41, 5.74) is 0.684. The van der Waals surface area contributed by atoms with Gasteiger partial charge in [-0.15, -0.1) is 0 Å². The first-order valence-electron chi connectivity index (χ1n) is 8.72. The lowest BCUT2D eigenvalue weighted by Gasteiger charge is -2.41. The van der Waals surface area contributed by atoms with E-state index in [2.05, 4.69) is 37.7 Å². The van der Waals surface area contributed by atoms with Gasteiger partial charge in [-0.3, -0.25) is 4.79 Å². The normalized spacial score (nSPS) is 21.1. The van der Waals surface area contributed by atoms with E-state index >= 15 is 0 Å². The van der Waals surface area contributed by atoms with Crippen LogP contribution in [-0.2, 0) is 11.8 Å². The van der Waals surface area contributed by atoms with E-state index in [0.29, 0.717) is 17.5 Å². The molecule has 1 aliphatic carbocycles. The molecule has 1 saturated carbocycles. The van der Waals surface area contributed by atoms with Crippen LogP contribution in [0.2, 0.25) is 0 Å². The average Bonchev–Trinajstić information content (AvgIpc) is 3.38. The summed E-state index contributed by atoms with van der Waals surface area (Å²) >= 11 is 2.11. The number of piperazine rings is 1. The van der Waals surface area contributed by atoms with E-state index < -0.39 is 12.1 Å². The van der Waals surface area contributed by atoms with Gasteiger partial charge in [0.2, 0.25) is 5.95 Å². The molecule has 0 spiro atoms. The molecule has 4 rings (SSSR count). The molecule has 0 radical (unpaired) electrons. The fourth-order valence-electron chi connectivity index (χ4n) is 3.55. The number of rotatable bonds is 3. The summed E-state index contributed by atoms with van der Waals surface area (Å²) in [6, 6.07) is -0.220. The van der Waals surface area contributed by atoms with Crippen LogP contribution in [-0.4, -0.2) is 62.4 Å². The number of aromatic nitrogens is 4. The van der Waals surface area contributed by atoms with Crippen molar-refractivity contribution in [2.75, 3.05) is 24.5 Å². The number of halogens is 4. The zero-order valence-electron chi connectivity index (χ0n) is 14.6. The van der Waals surface area contributed by atoms with Crippen LogP contribution in [0, 0.1) is 9.62 Å². The Bertz CT molecular complexity index is 881. The zero-order chi connectivity index (χ0) is 19.3. The second kappa shape index (κ2) is 6.74. The van der Waals surface area contributed by atoms with Gasteiger partial charge >= 0.3 is 12.1 Å². The molecule has 0 N–H and O–H groups in total. The van der Waals surface area contributed by atoms with Crippen LogP contribution in [0.15, 0.2) is 6.20 Å². The van der Waals surface area contributed by atoms with E-state index in [-0.39, 0.29) is 25.7 Å². The molecule has 2 aliphatic rings. The first kappa shape index (κ1) is 18.7. The molecule has 146 valence electrons. The number of alkyl halides is 3. The number of hydrogen-bond donors (Lipinski definition) is 0. The van der Waals surface area contributed by atoms with E-state index in [1.165, 1.54) is 0 Å². The molecule has 1 saturated heterocycles. The average molecular weight is 494 g/mol. The predicted molar refractivity (Wildman–Crippen MR) is 100 cm³/mol. The summed E-state index contributed by atoms with van der Waals surface area (Å²) < 4.78 is 41.0. The summed E-state index contributed by atoms with van der Waals surface area (Å²) in [7, 11) is 1.79. The molecule has 2 aromatic rings. The largest absolute Gasteiger partial charge is 0.471 e. The molecule has 0 aromatic carbocycles. The fourth-order valence-corrected chi connectivity index (χ4v) is 4.25. The van der Waals surface area contributed by atoms with Crippen molar-refractivity contribution in [1.29, 1.82) is 0 Å². The number of anilines is 1. The Morgan fingerprint density at radius 3 is 2.74 bits per heavy atom. The lowest BCUT2D eigenvalue weighted by molar-refractivity contribution is -0.186. The van der Waals surface area contributed by atoms with Gasteiger partial charge in [-0.1, -0.05) is 12.8 Å². The number of carbonyl (C=O) groups is 1. The zero-order valence-corrected chi connectivity index (χ0v) is 16.7. The molecule has 1 aliphatic heterocycles. The topological polar surface area (TPSA) is 67.2 Å². The van der Waals surface area contributed by atoms with E-state index in [1.807, 2.05) is 4.90 Å². The van der Waals surface area contributed by atoms with Crippen LogP contribution in [0.5, 0.6) is 0 Å². The third-order valence-electron chi connectivity index (χ3n) is 5.09. The maximum Gasteiger partial charge on any atom is 0.471 e. The van der Waals surface area contributed by atoms with Crippen LogP contribution in [0.3, 0.4) is 0 Å². The van der Waals surface area contributed by atoms with Crippen molar-refractivity contribution in [2.24, 2.45) is 13.0 Å². The van der Waals surface area contributed by atoms with Gasteiger partial charge in [0.1, 0.15) is 3.70 Å². The number of fused-ring (bicyclic) bond motifs is 1. The van der Waals surface area contributed by atoms with Gasteiger partial charge in [0.15, 0.2) is 5.65 Å². The summed E-state index contributed by atoms with van der Waals surface area (Å²) in [5.74, 6) is -0.785. The van der Waals surface area contributed by atoms with Gasteiger partial charge in [-0.05, 0) is 34.9 Å². The van der Waals surface area contributed by atoms with Gasteiger partial charge in [-0.2, -0.15) is 23.3 Å². The Labute approximate surface area is 167 Å². The number of carbonyl (C=O) groups excluding carboxylic acids is 1. The first-order chi connectivity index (χ1) is 12.7. The summed E-state index contributed by atoms with van der Waals surface area (Å²) in [6.07, 6.45) is -0.234. The van der Waals surface area contributed by atoms with E-state index in [4.69, 9.17) is 0 Å². The Morgan fingerprint density at radius 2 is 2.07 bits per heavy atom. The van der Waals surface area contributed by atoms with E-state index in [0.717, 1.165) is 33.2 Å². The fraction of sp³-hybridized carbons (Fsp3) is 0.625. The van der Waals surface area contributed by atoms with Crippen molar-refractivity contribution in [1.82, 2.24) is 24.6 Å². The van der Waals surface area contributed by atoms with Gasteiger partial charge in [0.25, 0.3) is 0 Å². The highest BCUT2D eigenvalue weighted by atomic mass is 127. The molecule has 7 nitrogen and oxygen atoms in total. The lowest BCUT2D eigenvalue weighted by atomic mass is 10.1. The maximum atomic E-state index is 12.8. The van der Waals surface area contributed by atoms with Crippen LogP contribution >= 0.6 is 22.6 Å². The molecule has 1 atom stereocenters. The van der Waals surface area contributed by atoms with Crippen LogP contribution in [0.1, 0.15) is 19.3 Å². The Balaban J connectivity index is 1.61. The van der Waals surface area contributed by atoms with Crippen LogP contribution in [0.4, 0.5) is 19.1 Å². The minimum Gasteiger partial charge on any atom is -0.334 e. The molecule has 2 aromatic heterocycles. The number of hydrogen-bond acceptors (Lipinski definition) is 5. The number of aryl methyl sites for hydroxylation is 1. The second-order valence-corrected chi connectivity index (χ2v) is 8.12. The molecule has 1 unspecified atom stereocenters. The van der Waals surface area contributed by atoms with Crippen LogP contribution < -0.4 is 4.90 Å². The predicted octanol–water partition coefficient (Wildman–Crippen LogP) is 2.35. The molecule has 1 amide bonds. The van der Waals surface area contributed by atoms with Crippen molar-refractivity contribution < 1.29 is 18.0 Å². The molecule has 11 heteroatoms. The maximum absolute atomic E-state index is 12.8. The molecule has 2 fully saturated rings. The molecular weight excluding hydrogens is 476 g/mol. The van der Waals surface area contributed by atoms with E-state index in [1.54, 1.807) is 17.9 Å². The van der Waals surface area contributed by atoms with Gasteiger partial charge in [0.05, 0.1) is 5.39 Å². The Kier molecular flexibility index (Phi) is 4.67. The summed E-state index contributed by atoms with van der Waals surface area (Å²) in [6.45, 7) is 0.322. The standard InChI is InChI=1S/C16H18F3IN6O/c1-24-13-11(12(20)23-24)7-21-15(22-13)26-5-4-25(14(27)16(17,18)19)8-10(26)6-9-2-3-9/h7,9-10H,2-6,8H2,1H3. The summed E-state index contributed by atoms with van der Waals surface area (Å²) in [4.78, 5) is 23.6. The molecular formula is C16H18F3IN6O. The SMILES string of the molecule is Cn1nc(I)c2cnc(N3CCN(C(=O)C(F)(F)F)CC3CC3CC3)nc21. The van der Waals surface area contributed by atoms with Crippen molar-refractivity contribution in [3.05, 3.63) is 9.90 Å². The van der Waals surface area contributed by atoms with E-state index in [9.17, 15) is 18.0 Å². The van der Waals surface area contributed by atoms with Crippen molar-refractivity contribution in [3.63, 3.8) is 0 Å². The first-order valence-corrected chi connectivity index (χ1v) is 9.80. The molecule has 3 heterocycles. The number of amides is 1. The smallest absolute Gasteiger partial charge is 0.334 e. The minimum atomic E-state index is -4.84. The highest BCUT2D eigenvalue weighted by Gasteiger charge is 2.45. The van der Waals surface area contributed by atoms with Crippen LogP contribution in [0.25, 0.3) is 11.0 Å². The van der Waals surface area contributed by atoms with Gasteiger partial charge in [0, 0.05) is 38.9 Å². The van der Waals surface area contributed by atoms with Gasteiger partial charge in [-0.25, -0.2) is 9.67 Å². The van der Waals surface area contributed by atoms with Crippen molar-refractivity contribution >= 4 is 45.5 Å². The quantitative estimate of drug-likeness (QED) is 0.614. The minimum absolute atomic E-state index is 0.00380. The monoisotopic (exact) mass is 494 g/mol. The third-order valence-corrected chi connectivity index (χ3v) is 5.89.